The van der Waals surface area contributed by atoms with E-state index in [1.807, 2.05) is 13.8 Å². The van der Waals surface area contributed by atoms with Crippen molar-refractivity contribution in [3.63, 3.8) is 0 Å². The van der Waals surface area contributed by atoms with Gasteiger partial charge in [-0.25, -0.2) is 4.79 Å². The molecular formula is C42H60N8O14. The van der Waals surface area contributed by atoms with Crippen LogP contribution in [-0.4, -0.2) is 128 Å². The van der Waals surface area contributed by atoms with Gasteiger partial charge >= 0.3 is 11.9 Å². The Balaban J connectivity index is 2.44. The highest BCUT2D eigenvalue weighted by atomic mass is 16.4. The number of hydrogen-bond donors (Lipinski definition) is 13. The zero-order valence-corrected chi connectivity index (χ0v) is 36.0. The molecule has 64 heavy (non-hydrogen) atoms. The number of carboxylic acids is 2. The third-order valence-electron chi connectivity index (χ3n) is 9.54. The van der Waals surface area contributed by atoms with Gasteiger partial charge in [0.2, 0.25) is 41.4 Å². The van der Waals surface area contributed by atoms with Crippen LogP contribution in [0.4, 0.5) is 0 Å². The Morgan fingerprint density at radius 3 is 1.33 bits per heavy atom. The summed E-state index contributed by atoms with van der Waals surface area (Å²) in [6.45, 7) is 6.09. The van der Waals surface area contributed by atoms with Gasteiger partial charge in [0.15, 0.2) is 0 Å². The number of primary amides is 1. The lowest BCUT2D eigenvalue weighted by molar-refractivity contribution is -0.143. The van der Waals surface area contributed by atoms with Crippen LogP contribution in [0.25, 0.3) is 0 Å². The van der Waals surface area contributed by atoms with Crippen molar-refractivity contribution in [1.82, 2.24) is 31.9 Å². The van der Waals surface area contributed by atoms with Crippen LogP contribution in [0.2, 0.25) is 0 Å². The Labute approximate surface area is 369 Å². The lowest BCUT2D eigenvalue weighted by atomic mass is 10.0. The fourth-order valence-electron chi connectivity index (χ4n) is 6.24. The Hall–Kier alpha value is -6.81. The summed E-state index contributed by atoms with van der Waals surface area (Å²) < 4.78 is 0. The number of carbonyl (C=O) groups is 9. The van der Waals surface area contributed by atoms with Gasteiger partial charge in [-0.05, 0) is 66.5 Å². The van der Waals surface area contributed by atoms with Gasteiger partial charge < -0.3 is 68.9 Å². The van der Waals surface area contributed by atoms with Gasteiger partial charge in [-0.15, -0.1) is 0 Å². The molecular weight excluding hydrogens is 841 g/mol. The molecule has 15 N–H and O–H groups in total. The van der Waals surface area contributed by atoms with Gasteiger partial charge in [0.05, 0.1) is 19.1 Å². The summed E-state index contributed by atoms with van der Waals surface area (Å²) in [5.41, 5.74) is 12.2. The summed E-state index contributed by atoms with van der Waals surface area (Å²) in [6, 6.07) is 0.188. The van der Waals surface area contributed by atoms with Crippen LogP contribution in [0, 0.1) is 11.8 Å². The molecule has 22 nitrogen and oxygen atoms in total. The predicted octanol–water partition coefficient (Wildman–Crippen LogP) is -1.97. The van der Waals surface area contributed by atoms with E-state index in [1.165, 1.54) is 48.5 Å². The molecule has 0 saturated heterocycles. The van der Waals surface area contributed by atoms with Crippen molar-refractivity contribution in [1.29, 1.82) is 0 Å². The molecule has 0 aromatic heterocycles. The van der Waals surface area contributed by atoms with E-state index in [0.29, 0.717) is 11.1 Å². The molecule has 0 fully saturated rings. The van der Waals surface area contributed by atoms with Crippen LogP contribution >= 0.6 is 0 Å². The largest absolute Gasteiger partial charge is 0.508 e. The number of aromatic hydroxyl groups is 2. The number of aliphatic carboxylic acids is 2. The van der Waals surface area contributed by atoms with Crippen LogP contribution in [-0.2, 0) is 56.0 Å². The fourth-order valence-corrected chi connectivity index (χ4v) is 6.24. The van der Waals surface area contributed by atoms with Crippen LogP contribution in [0.5, 0.6) is 11.5 Å². The third kappa shape index (κ3) is 19.1. The molecule has 7 atom stereocenters. The number of phenolic OH excluding ortho intramolecular Hbond substituents is 2. The third-order valence-corrected chi connectivity index (χ3v) is 9.54. The molecule has 2 aromatic rings. The molecule has 2 aromatic carbocycles. The second-order valence-corrected chi connectivity index (χ2v) is 16.1. The number of rotatable bonds is 27. The Morgan fingerprint density at radius 1 is 0.531 bits per heavy atom. The van der Waals surface area contributed by atoms with Crippen LogP contribution in [0.1, 0.15) is 70.9 Å². The van der Waals surface area contributed by atoms with Crippen molar-refractivity contribution in [3.05, 3.63) is 59.7 Å². The molecule has 352 valence electrons. The van der Waals surface area contributed by atoms with Gasteiger partial charge in [0.25, 0.3) is 0 Å². The molecule has 0 spiro atoms. The first-order valence-corrected chi connectivity index (χ1v) is 20.5. The maximum Gasteiger partial charge on any atom is 0.326 e. The highest BCUT2D eigenvalue weighted by Crippen LogP contribution is 2.15. The van der Waals surface area contributed by atoms with Crippen molar-refractivity contribution in [2.24, 2.45) is 23.3 Å². The van der Waals surface area contributed by atoms with Crippen molar-refractivity contribution >= 4 is 53.3 Å². The predicted molar refractivity (Wildman–Crippen MR) is 227 cm³/mol. The van der Waals surface area contributed by atoms with E-state index in [0.717, 1.165) is 0 Å². The van der Waals surface area contributed by atoms with Gasteiger partial charge in [-0.1, -0.05) is 52.0 Å². The van der Waals surface area contributed by atoms with Crippen LogP contribution in [0.3, 0.4) is 0 Å². The van der Waals surface area contributed by atoms with Gasteiger partial charge in [0, 0.05) is 19.3 Å². The molecule has 0 radical (unpaired) electrons. The molecule has 0 aliphatic rings. The van der Waals surface area contributed by atoms with Gasteiger partial charge in [-0.2, -0.15) is 0 Å². The molecule has 0 bridgehead atoms. The lowest BCUT2D eigenvalue weighted by Crippen LogP contribution is -2.61. The van der Waals surface area contributed by atoms with E-state index >= 15 is 0 Å². The average Bonchev–Trinajstić information content (AvgIpc) is 3.20. The number of carboxylic acid groups (broad SMARTS) is 2. The number of benzene rings is 2. The highest BCUT2D eigenvalue weighted by molar-refractivity contribution is 5.98. The Morgan fingerprint density at radius 2 is 0.906 bits per heavy atom. The van der Waals surface area contributed by atoms with Crippen LogP contribution in [0.15, 0.2) is 48.5 Å². The van der Waals surface area contributed by atoms with E-state index in [2.05, 4.69) is 31.9 Å². The van der Waals surface area contributed by atoms with Gasteiger partial charge in [0.1, 0.15) is 47.8 Å². The highest BCUT2D eigenvalue weighted by Gasteiger charge is 2.35. The maximum absolute atomic E-state index is 13.9. The summed E-state index contributed by atoms with van der Waals surface area (Å²) in [6.07, 6.45) is -2.27. The number of aliphatic hydroxyl groups excluding tert-OH is 1. The molecule has 7 amide bonds. The smallest absolute Gasteiger partial charge is 0.326 e. The van der Waals surface area contributed by atoms with E-state index in [1.54, 1.807) is 13.8 Å². The molecule has 0 aliphatic heterocycles. The second kappa shape index (κ2) is 26.0. The van der Waals surface area contributed by atoms with Crippen molar-refractivity contribution in [2.45, 2.75) is 115 Å². The first kappa shape index (κ1) is 53.3. The normalized spacial score (nSPS) is 14.4. The summed E-state index contributed by atoms with van der Waals surface area (Å²) in [5.74, 6) is -10.5. The van der Waals surface area contributed by atoms with Crippen molar-refractivity contribution < 1.29 is 68.7 Å². The summed E-state index contributed by atoms with van der Waals surface area (Å²) in [4.78, 5) is 117. The van der Waals surface area contributed by atoms with Gasteiger partial charge in [-0.3, -0.25) is 38.4 Å². The molecule has 0 heterocycles. The monoisotopic (exact) mass is 900 g/mol. The molecule has 2 rings (SSSR count). The molecule has 0 aliphatic carbocycles. The second-order valence-electron chi connectivity index (χ2n) is 16.1. The zero-order valence-electron chi connectivity index (χ0n) is 36.0. The fraction of sp³-hybridized carbons (Fsp3) is 0.500. The van der Waals surface area contributed by atoms with E-state index in [9.17, 15) is 68.7 Å². The standard InChI is InChI=1S/C42H60N8O14/c1-21(2)15-27(43)36(57)46-29(17-23-5-9-25(52)10-6-23)38(59)45-28(13-14-34(44)54)37(58)48-31(19-35(55)56)40(61)47-30(18-24-7-11-26(53)12-8-24)39(60)50-33(20-51)41(62)49-32(42(63)64)16-22(3)4/h5-12,21-22,27-33,51-53H,13-20,43H2,1-4H3,(H2,44,54)(H,45,59)(H,46,57)(H,47,61)(H,48,58)(H,49,62)(H,50,60)(H,55,56)(H,63,64)/t27-,28-,29-,30-,31-,32-,33-/m0/s1. The summed E-state index contributed by atoms with van der Waals surface area (Å²) >= 11 is 0. The first-order chi connectivity index (χ1) is 30.0. The Kier molecular flexibility index (Phi) is 21.6. The zero-order chi connectivity index (χ0) is 48.3. The number of amides is 7. The lowest BCUT2D eigenvalue weighted by Gasteiger charge is -2.27. The molecule has 22 heteroatoms. The number of carbonyl (C=O) groups excluding carboxylic acids is 7. The minimum atomic E-state index is -1.96. The van der Waals surface area contributed by atoms with Crippen molar-refractivity contribution in [3.8, 4) is 11.5 Å². The number of nitrogens with one attached hydrogen (secondary N) is 6. The number of hydrogen-bond acceptors (Lipinski definition) is 13. The number of phenols is 2. The minimum absolute atomic E-state index is 0.0114. The first-order valence-electron chi connectivity index (χ1n) is 20.5. The summed E-state index contributed by atoms with van der Waals surface area (Å²) in [7, 11) is 0. The van der Waals surface area contributed by atoms with E-state index in [4.69, 9.17) is 11.5 Å². The Bertz CT molecular complexity index is 1940. The summed E-state index contributed by atoms with van der Waals surface area (Å²) in [5, 5.41) is 62.9. The molecule has 0 unspecified atom stereocenters. The quantitative estimate of drug-likeness (QED) is 0.0463. The maximum atomic E-state index is 13.9. The molecule has 0 saturated carbocycles. The number of aliphatic hydroxyl groups is 1. The average molecular weight is 901 g/mol. The number of nitrogens with two attached hydrogens (primary N) is 2. The van der Waals surface area contributed by atoms with E-state index < -0.39 is 121 Å². The SMILES string of the molecule is CC(C)C[C@H](NC(=O)[C@H](CO)NC(=O)[C@H](Cc1ccc(O)cc1)NC(=O)[C@H](CC(=O)O)NC(=O)[C@H](CCC(N)=O)NC(=O)[C@H](Cc1ccc(O)cc1)NC(=O)[C@@H](N)CC(C)C)C(=O)O. The minimum Gasteiger partial charge on any atom is -0.508 e. The topological polar surface area (TPSA) is 379 Å². The van der Waals surface area contributed by atoms with Crippen molar-refractivity contribution in [2.75, 3.05) is 6.61 Å². The van der Waals surface area contributed by atoms with E-state index in [-0.39, 0.29) is 49.0 Å². The van der Waals surface area contributed by atoms with Crippen LogP contribution < -0.4 is 43.4 Å².